The van der Waals surface area contributed by atoms with E-state index in [9.17, 15) is 0 Å². The number of rotatable bonds is 6. The van der Waals surface area contributed by atoms with Crippen molar-refractivity contribution >= 4 is 16.7 Å². The molecule has 2 aromatic heterocycles. The first-order chi connectivity index (χ1) is 14.8. The summed E-state index contributed by atoms with van der Waals surface area (Å²) >= 11 is 0. The molecule has 2 aromatic carbocycles. The van der Waals surface area contributed by atoms with Crippen LogP contribution >= 0.6 is 0 Å². The fourth-order valence-electron chi connectivity index (χ4n) is 3.15. The van der Waals surface area contributed by atoms with Gasteiger partial charge in [0.2, 0.25) is 0 Å². The second kappa shape index (κ2) is 8.81. The van der Waals surface area contributed by atoms with E-state index in [1.54, 1.807) is 24.4 Å². The Morgan fingerprint density at radius 2 is 1.60 bits per heavy atom. The van der Waals surface area contributed by atoms with Gasteiger partial charge in [-0.3, -0.25) is 4.98 Å². The maximum Gasteiger partial charge on any atom is 0.162 e. The lowest BCUT2D eigenvalue weighted by molar-refractivity contribution is 0.833. The number of anilines is 1. The minimum atomic E-state index is 0.569. The fraction of sp³-hybridized carbons (Fsp3) is 0.125. The van der Waals surface area contributed by atoms with Crippen LogP contribution in [0.25, 0.3) is 22.3 Å². The lowest BCUT2D eigenvalue weighted by Crippen LogP contribution is -2.07. The quantitative estimate of drug-likeness (QED) is 0.487. The Balaban J connectivity index is 1.52. The lowest BCUT2D eigenvalue weighted by atomic mass is 10.1. The van der Waals surface area contributed by atoms with Crippen molar-refractivity contribution in [3.63, 3.8) is 0 Å². The van der Waals surface area contributed by atoms with E-state index in [0.29, 0.717) is 17.0 Å². The molecule has 6 heteroatoms. The molecular formula is C24H18N6. The Labute approximate surface area is 174 Å². The van der Waals surface area contributed by atoms with E-state index in [1.165, 1.54) is 0 Å². The molecule has 1 N–H and O–H groups in total. The lowest BCUT2D eigenvalue weighted by Gasteiger charge is -2.11. The van der Waals surface area contributed by atoms with Crippen molar-refractivity contribution in [1.82, 2.24) is 15.0 Å². The number of aryl methyl sites for hydroxylation is 1. The molecule has 4 aromatic rings. The largest absolute Gasteiger partial charge is 0.369 e. The van der Waals surface area contributed by atoms with Gasteiger partial charge in [0.1, 0.15) is 11.9 Å². The molecule has 0 saturated heterocycles. The Hall–Kier alpha value is -4.29. The molecule has 2 heterocycles. The molecule has 0 amide bonds. The van der Waals surface area contributed by atoms with Gasteiger partial charge in [0.25, 0.3) is 0 Å². The molecule has 0 saturated carbocycles. The number of fused-ring (bicyclic) bond motifs is 1. The maximum absolute atomic E-state index is 9.00. The second-order valence-corrected chi connectivity index (χ2v) is 6.78. The standard InChI is InChI=1S/C24H18N6/c25-14-17-7-10-19(11-8-17)23-29-22-6-2-1-5-21(22)24(30-23)27-13-3-4-20-12-9-18(15-26)16-28-20/h1-2,5-12,16H,3-4,13H2,(H,27,29,30). The van der Waals surface area contributed by atoms with Crippen LogP contribution in [0.5, 0.6) is 0 Å². The summed E-state index contributed by atoms with van der Waals surface area (Å²) in [5.74, 6) is 1.40. The van der Waals surface area contributed by atoms with Gasteiger partial charge in [0.15, 0.2) is 5.82 Å². The van der Waals surface area contributed by atoms with Gasteiger partial charge in [-0.2, -0.15) is 10.5 Å². The molecule has 30 heavy (non-hydrogen) atoms. The van der Waals surface area contributed by atoms with Crippen LogP contribution in [0, 0.1) is 22.7 Å². The Morgan fingerprint density at radius 3 is 2.33 bits per heavy atom. The van der Waals surface area contributed by atoms with E-state index in [4.69, 9.17) is 15.5 Å². The first-order valence-electron chi connectivity index (χ1n) is 9.63. The van der Waals surface area contributed by atoms with Gasteiger partial charge in [-0.1, -0.05) is 12.1 Å². The topological polar surface area (TPSA) is 98.3 Å². The summed E-state index contributed by atoms with van der Waals surface area (Å²) in [6, 6.07) is 23.1. The molecule has 0 spiro atoms. The highest BCUT2D eigenvalue weighted by molar-refractivity contribution is 5.90. The van der Waals surface area contributed by atoms with Crippen LogP contribution in [-0.4, -0.2) is 21.5 Å². The number of hydrogen-bond donors (Lipinski definition) is 1. The third kappa shape index (κ3) is 4.24. The molecule has 0 radical (unpaired) electrons. The van der Waals surface area contributed by atoms with Crippen molar-refractivity contribution in [2.75, 3.05) is 11.9 Å². The van der Waals surface area contributed by atoms with E-state index in [1.807, 2.05) is 42.5 Å². The molecule has 0 atom stereocenters. The highest BCUT2D eigenvalue weighted by atomic mass is 15.0. The fourth-order valence-corrected chi connectivity index (χ4v) is 3.15. The summed E-state index contributed by atoms with van der Waals surface area (Å²) in [4.78, 5) is 13.7. The number of nitrogens with zero attached hydrogens (tertiary/aromatic N) is 5. The van der Waals surface area contributed by atoms with Crippen LogP contribution in [0.3, 0.4) is 0 Å². The molecule has 0 aliphatic carbocycles. The van der Waals surface area contributed by atoms with Crippen LogP contribution in [0.1, 0.15) is 23.2 Å². The van der Waals surface area contributed by atoms with Gasteiger partial charge >= 0.3 is 0 Å². The SMILES string of the molecule is N#Cc1ccc(-c2nc(NCCCc3ccc(C#N)cn3)c3ccccc3n2)cc1. The van der Waals surface area contributed by atoms with E-state index in [-0.39, 0.29) is 0 Å². The van der Waals surface area contributed by atoms with Gasteiger partial charge in [-0.15, -0.1) is 0 Å². The number of benzene rings is 2. The number of nitrogens with one attached hydrogen (secondary N) is 1. The number of nitriles is 2. The first kappa shape index (κ1) is 19.0. The molecule has 0 unspecified atom stereocenters. The van der Waals surface area contributed by atoms with Gasteiger partial charge in [-0.25, -0.2) is 9.97 Å². The average molecular weight is 390 g/mol. The van der Waals surface area contributed by atoms with E-state index in [2.05, 4.69) is 27.4 Å². The highest BCUT2D eigenvalue weighted by Gasteiger charge is 2.09. The number of pyridine rings is 1. The highest BCUT2D eigenvalue weighted by Crippen LogP contribution is 2.25. The summed E-state index contributed by atoms with van der Waals surface area (Å²) in [6.07, 6.45) is 3.29. The van der Waals surface area contributed by atoms with Crippen molar-refractivity contribution in [3.05, 3.63) is 83.7 Å². The monoisotopic (exact) mass is 390 g/mol. The van der Waals surface area contributed by atoms with Gasteiger partial charge in [0.05, 0.1) is 22.7 Å². The van der Waals surface area contributed by atoms with Crippen LogP contribution in [0.2, 0.25) is 0 Å². The summed E-state index contributed by atoms with van der Waals surface area (Å²) in [7, 11) is 0. The first-order valence-corrected chi connectivity index (χ1v) is 9.63. The minimum Gasteiger partial charge on any atom is -0.369 e. The molecule has 0 aliphatic heterocycles. The van der Waals surface area contributed by atoms with Crippen molar-refractivity contribution in [3.8, 4) is 23.5 Å². The summed E-state index contributed by atoms with van der Waals surface area (Å²) in [5, 5.41) is 22.3. The van der Waals surface area contributed by atoms with Gasteiger partial charge in [0, 0.05) is 29.4 Å². The van der Waals surface area contributed by atoms with Crippen molar-refractivity contribution in [2.24, 2.45) is 0 Å². The van der Waals surface area contributed by atoms with Crippen LogP contribution < -0.4 is 5.32 Å². The molecule has 0 fully saturated rings. The molecule has 4 rings (SSSR count). The number of para-hydroxylation sites is 1. The average Bonchev–Trinajstić information content (AvgIpc) is 2.82. The maximum atomic E-state index is 9.00. The Kier molecular flexibility index (Phi) is 5.59. The van der Waals surface area contributed by atoms with E-state index < -0.39 is 0 Å². The third-order valence-corrected chi connectivity index (χ3v) is 4.73. The van der Waals surface area contributed by atoms with Gasteiger partial charge < -0.3 is 5.32 Å². The van der Waals surface area contributed by atoms with E-state index in [0.717, 1.165) is 47.4 Å². The molecule has 6 nitrogen and oxygen atoms in total. The minimum absolute atomic E-state index is 0.569. The molecular weight excluding hydrogens is 372 g/mol. The summed E-state index contributed by atoms with van der Waals surface area (Å²) < 4.78 is 0. The summed E-state index contributed by atoms with van der Waals surface area (Å²) in [6.45, 7) is 0.732. The molecule has 144 valence electrons. The zero-order valence-corrected chi connectivity index (χ0v) is 16.2. The molecule has 0 aliphatic rings. The predicted molar refractivity (Wildman–Crippen MR) is 115 cm³/mol. The zero-order valence-electron chi connectivity index (χ0n) is 16.2. The smallest absolute Gasteiger partial charge is 0.162 e. The van der Waals surface area contributed by atoms with Gasteiger partial charge in [-0.05, 0) is 61.4 Å². The van der Waals surface area contributed by atoms with Crippen molar-refractivity contribution in [2.45, 2.75) is 12.8 Å². The van der Waals surface area contributed by atoms with Crippen LogP contribution in [0.15, 0.2) is 66.9 Å². The van der Waals surface area contributed by atoms with Crippen LogP contribution in [-0.2, 0) is 6.42 Å². The van der Waals surface area contributed by atoms with Crippen molar-refractivity contribution < 1.29 is 0 Å². The second-order valence-electron chi connectivity index (χ2n) is 6.78. The normalized spacial score (nSPS) is 10.3. The number of aromatic nitrogens is 3. The number of hydrogen-bond acceptors (Lipinski definition) is 6. The van der Waals surface area contributed by atoms with Crippen LogP contribution in [0.4, 0.5) is 5.82 Å². The molecule has 0 bridgehead atoms. The summed E-state index contributed by atoms with van der Waals surface area (Å²) in [5.41, 5.74) is 3.86. The predicted octanol–water partition coefficient (Wildman–Crippen LogP) is 4.48. The van der Waals surface area contributed by atoms with Crippen molar-refractivity contribution in [1.29, 1.82) is 10.5 Å². The van der Waals surface area contributed by atoms with E-state index >= 15 is 0 Å². The Morgan fingerprint density at radius 1 is 0.833 bits per heavy atom. The Bertz CT molecular complexity index is 1250. The zero-order chi connectivity index (χ0) is 20.8. The third-order valence-electron chi connectivity index (χ3n) is 4.73.